The predicted octanol–water partition coefficient (Wildman–Crippen LogP) is 11.2. The molecule has 0 unspecified atom stereocenters. The molecule has 218 valence electrons. The maximum atomic E-state index is 6.49. The van der Waals surface area contributed by atoms with Crippen molar-refractivity contribution in [3.05, 3.63) is 121 Å². The Labute approximate surface area is 258 Å². The number of pyridine rings is 2. The third-order valence-electron chi connectivity index (χ3n) is 8.15. The van der Waals surface area contributed by atoms with E-state index in [1.807, 2.05) is 30.6 Å². The van der Waals surface area contributed by atoms with Crippen molar-refractivity contribution < 1.29 is 8.83 Å². The van der Waals surface area contributed by atoms with Crippen LogP contribution in [0.1, 0.15) is 53.1 Å². The second-order valence-corrected chi connectivity index (χ2v) is 13.6. The van der Waals surface area contributed by atoms with Crippen LogP contribution in [-0.2, 0) is 10.8 Å². The van der Waals surface area contributed by atoms with E-state index in [4.69, 9.17) is 18.8 Å². The molecule has 0 fully saturated rings. The van der Waals surface area contributed by atoms with Crippen LogP contribution in [0.2, 0.25) is 0 Å². The molecule has 3 aromatic carbocycles. The van der Waals surface area contributed by atoms with Gasteiger partial charge in [-0.25, -0.2) is 0 Å². The fourth-order valence-electron chi connectivity index (χ4n) is 5.63. The summed E-state index contributed by atoms with van der Waals surface area (Å²) in [6.45, 7) is 13.0. The zero-order valence-electron chi connectivity index (χ0n) is 26.1. The molecule has 4 nitrogen and oxygen atoms in total. The average molecular weight is 577 g/mol. The molecule has 0 saturated carbocycles. The van der Waals surface area contributed by atoms with Gasteiger partial charge < -0.3 is 8.83 Å². The summed E-state index contributed by atoms with van der Waals surface area (Å²) < 4.78 is 13.0. The molecule has 0 radical (unpaired) electrons. The minimum atomic E-state index is -0.118. The standard InChI is InChI=1S/C40H36N2O2/c1-39(2,3)33-23-28-16-18-41-35(37(28)43-33)31-20-30(27-14-12-26(13-15-27)25-10-8-7-9-11-25)21-32(22-31)36-38-29(17-19-42-36)24-34(44-38)40(4,5)6/h7-24H,1-6H3. The van der Waals surface area contributed by atoms with Crippen molar-refractivity contribution in [1.29, 1.82) is 0 Å². The van der Waals surface area contributed by atoms with Crippen LogP contribution < -0.4 is 0 Å². The number of nitrogens with zero attached hydrogens (tertiary/aromatic N) is 2. The molecular formula is C40H36N2O2. The average Bonchev–Trinajstić information content (AvgIpc) is 3.67. The van der Waals surface area contributed by atoms with Crippen LogP contribution in [0.5, 0.6) is 0 Å². The Morgan fingerprint density at radius 2 is 0.841 bits per heavy atom. The molecule has 7 rings (SSSR count). The largest absolute Gasteiger partial charge is 0.458 e. The minimum Gasteiger partial charge on any atom is -0.458 e. The Balaban J connectivity index is 1.44. The van der Waals surface area contributed by atoms with Crippen LogP contribution in [0.15, 0.2) is 118 Å². The monoisotopic (exact) mass is 576 g/mol. The zero-order valence-corrected chi connectivity index (χ0v) is 26.1. The molecule has 4 heterocycles. The van der Waals surface area contributed by atoms with Gasteiger partial charge in [0.2, 0.25) is 0 Å². The Hall–Kier alpha value is -4.96. The Kier molecular flexibility index (Phi) is 6.55. The molecule has 0 spiro atoms. The van der Waals surface area contributed by atoms with E-state index in [0.29, 0.717) is 0 Å². The van der Waals surface area contributed by atoms with Crippen molar-refractivity contribution in [1.82, 2.24) is 9.97 Å². The van der Waals surface area contributed by atoms with Crippen LogP contribution in [0.3, 0.4) is 0 Å². The highest BCUT2D eigenvalue weighted by molar-refractivity contribution is 5.96. The fourth-order valence-corrected chi connectivity index (χ4v) is 5.63. The van der Waals surface area contributed by atoms with Crippen LogP contribution in [-0.4, -0.2) is 9.97 Å². The fraction of sp³-hybridized carbons (Fsp3) is 0.200. The third kappa shape index (κ3) is 5.11. The quantitative estimate of drug-likeness (QED) is 0.209. The number of aromatic nitrogens is 2. The summed E-state index contributed by atoms with van der Waals surface area (Å²) >= 11 is 0. The van der Waals surface area contributed by atoms with E-state index in [1.54, 1.807) is 0 Å². The smallest absolute Gasteiger partial charge is 0.160 e. The number of furan rings is 2. The van der Waals surface area contributed by atoms with Crippen molar-refractivity contribution in [3.8, 4) is 44.8 Å². The summed E-state index contributed by atoms with van der Waals surface area (Å²) in [5.74, 6) is 1.87. The van der Waals surface area contributed by atoms with Gasteiger partial charge in [-0.1, -0.05) is 96.1 Å². The molecule has 0 aliphatic carbocycles. The lowest BCUT2D eigenvalue weighted by Crippen LogP contribution is -2.08. The number of hydrogen-bond donors (Lipinski definition) is 0. The van der Waals surface area contributed by atoms with Crippen LogP contribution >= 0.6 is 0 Å². The molecule has 0 N–H and O–H groups in total. The highest BCUT2D eigenvalue weighted by Crippen LogP contribution is 2.40. The van der Waals surface area contributed by atoms with E-state index in [1.165, 1.54) is 11.1 Å². The first kappa shape index (κ1) is 27.8. The van der Waals surface area contributed by atoms with E-state index >= 15 is 0 Å². The number of rotatable bonds is 4. The van der Waals surface area contributed by atoms with Gasteiger partial charge in [-0.15, -0.1) is 0 Å². The maximum absolute atomic E-state index is 6.49. The lowest BCUT2D eigenvalue weighted by Gasteiger charge is -2.14. The maximum Gasteiger partial charge on any atom is 0.160 e. The van der Waals surface area contributed by atoms with Gasteiger partial charge in [0.05, 0.1) is 0 Å². The Morgan fingerprint density at radius 3 is 1.30 bits per heavy atom. The molecule has 4 aromatic heterocycles. The van der Waals surface area contributed by atoms with Crippen LogP contribution in [0.4, 0.5) is 0 Å². The van der Waals surface area contributed by atoms with Crippen molar-refractivity contribution in [2.24, 2.45) is 0 Å². The third-order valence-corrected chi connectivity index (χ3v) is 8.15. The number of benzene rings is 3. The van der Waals surface area contributed by atoms with E-state index in [2.05, 4.69) is 120 Å². The molecule has 0 atom stereocenters. The highest BCUT2D eigenvalue weighted by atomic mass is 16.3. The second kappa shape index (κ2) is 10.3. The molecule has 44 heavy (non-hydrogen) atoms. The topological polar surface area (TPSA) is 52.1 Å². The molecule has 0 saturated heterocycles. The van der Waals surface area contributed by atoms with Crippen molar-refractivity contribution >= 4 is 21.9 Å². The van der Waals surface area contributed by atoms with Crippen LogP contribution in [0, 0.1) is 0 Å². The Morgan fingerprint density at radius 1 is 0.432 bits per heavy atom. The minimum absolute atomic E-state index is 0.118. The lowest BCUT2D eigenvalue weighted by atomic mass is 9.93. The summed E-state index contributed by atoms with van der Waals surface area (Å²) in [5.41, 5.74) is 9.45. The summed E-state index contributed by atoms with van der Waals surface area (Å²) in [5, 5.41) is 2.08. The van der Waals surface area contributed by atoms with Gasteiger partial charge in [-0.2, -0.15) is 0 Å². The van der Waals surface area contributed by atoms with Crippen molar-refractivity contribution in [3.63, 3.8) is 0 Å². The molecule has 0 aliphatic rings. The van der Waals surface area contributed by atoms with Gasteiger partial charge in [0, 0.05) is 45.1 Å². The van der Waals surface area contributed by atoms with Gasteiger partial charge in [0.25, 0.3) is 0 Å². The molecular weight excluding hydrogens is 540 g/mol. The first-order valence-electron chi connectivity index (χ1n) is 15.1. The summed E-state index contributed by atoms with van der Waals surface area (Å²) in [6, 6.07) is 34.0. The van der Waals surface area contributed by atoms with E-state index in [0.717, 1.165) is 67.1 Å². The van der Waals surface area contributed by atoms with Crippen molar-refractivity contribution in [2.75, 3.05) is 0 Å². The summed E-state index contributed by atoms with van der Waals surface area (Å²) in [7, 11) is 0. The number of fused-ring (bicyclic) bond motifs is 2. The predicted molar refractivity (Wildman–Crippen MR) is 181 cm³/mol. The molecule has 0 bridgehead atoms. The molecule has 7 aromatic rings. The molecule has 0 amide bonds. The highest BCUT2D eigenvalue weighted by Gasteiger charge is 2.23. The van der Waals surface area contributed by atoms with Gasteiger partial charge in [-0.3, -0.25) is 9.97 Å². The lowest BCUT2D eigenvalue weighted by molar-refractivity contribution is 0.430. The van der Waals surface area contributed by atoms with Gasteiger partial charge in [0.15, 0.2) is 11.2 Å². The molecule has 4 heteroatoms. The summed E-state index contributed by atoms with van der Waals surface area (Å²) in [4.78, 5) is 9.71. The van der Waals surface area contributed by atoms with Crippen molar-refractivity contribution in [2.45, 2.75) is 52.4 Å². The van der Waals surface area contributed by atoms with Gasteiger partial charge in [-0.05, 0) is 64.7 Å². The van der Waals surface area contributed by atoms with Gasteiger partial charge >= 0.3 is 0 Å². The Bertz CT molecular complexity index is 2010. The van der Waals surface area contributed by atoms with E-state index < -0.39 is 0 Å². The SMILES string of the molecule is CC(C)(C)c1cc2ccnc(-c3cc(-c4ccc(-c5ccccc5)cc4)cc(-c4nccc5cc(C(C)(C)C)oc45)c3)c2o1. The van der Waals surface area contributed by atoms with Crippen LogP contribution in [0.25, 0.3) is 66.7 Å². The van der Waals surface area contributed by atoms with E-state index in [-0.39, 0.29) is 10.8 Å². The van der Waals surface area contributed by atoms with E-state index in [9.17, 15) is 0 Å². The zero-order chi connectivity index (χ0) is 30.6. The first-order valence-corrected chi connectivity index (χ1v) is 15.1. The first-order chi connectivity index (χ1) is 21.0. The summed E-state index contributed by atoms with van der Waals surface area (Å²) in [6.07, 6.45) is 3.73. The second-order valence-electron chi connectivity index (χ2n) is 13.6. The van der Waals surface area contributed by atoms with Gasteiger partial charge in [0.1, 0.15) is 22.9 Å². The molecule has 0 aliphatic heterocycles. The normalized spacial score (nSPS) is 12.3. The number of hydrogen-bond acceptors (Lipinski definition) is 4.